The van der Waals surface area contributed by atoms with Crippen molar-refractivity contribution in [2.24, 2.45) is 11.8 Å². The average molecular weight is 468 g/mol. The highest BCUT2D eigenvalue weighted by Crippen LogP contribution is 2.24. The van der Waals surface area contributed by atoms with Gasteiger partial charge in [0.1, 0.15) is 11.9 Å². The Kier molecular flexibility index (Phi) is 8.42. The van der Waals surface area contributed by atoms with Crippen LogP contribution in [-0.2, 0) is 4.79 Å². The summed E-state index contributed by atoms with van der Waals surface area (Å²) >= 11 is 0. The van der Waals surface area contributed by atoms with Crippen LogP contribution in [0.4, 0.5) is 4.39 Å². The molecule has 0 saturated carbocycles. The normalized spacial score (nSPS) is 16.1. The number of halogens is 1. The first-order chi connectivity index (χ1) is 16.2. The molecule has 1 fully saturated rings. The van der Waals surface area contributed by atoms with Gasteiger partial charge in [0, 0.05) is 24.7 Å². The van der Waals surface area contributed by atoms with Crippen LogP contribution < -0.4 is 10.6 Å². The van der Waals surface area contributed by atoms with Crippen LogP contribution in [0.3, 0.4) is 0 Å². The fraction of sp³-hybridized carbons (Fsp3) is 0.444. The number of likely N-dealkylation sites (tertiary alicyclic amines) is 1. The monoisotopic (exact) mass is 467 g/mol. The topological polar surface area (TPSA) is 78.5 Å². The van der Waals surface area contributed by atoms with Gasteiger partial charge in [-0.1, -0.05) is 44.2 Å². The predicted molar refractivity (Wildman–Crippen MR) is 130 cm³/mol. The second-order valence-electron chi connectivity index (χ2n) is 9.42. The summed E-state index contributed by atoms with van der Waals surface area (Å²) in [6.45, 7) is 8.64. The number of aryl methyl sites for hydroxylation is 1. The maximum absolute atomic E-state index is 14.1. The van der Waals surface area contributed by atoms with Crippen LogP contribution in [0, 0.1) is 24.6 Å². The van der Waals surface area contributed by atoms with E-state index < -0.39 is 11.9 Å². The van der Waals surface area contributed by atoms with Gasteiger partial charge in [0.15, 0.2) is 0 Å². The third kappa shape index (κ3) is 6.01. The average Bonchev–Trinajstić information content (AvgIpc) is 2.82. The zero-order valence-electron chi connectivity index (χ0n) is 20.3. The molecule has 2 aromatic carbocycles. The van der Waals surface area contributed by atoms with Crippen LogP contribution >= 0.6 is 0 Å². The molecule has 1 heterocycles. The molecule has 2 atom stereocenters. The van der Waals surface area contributed by atoms with E-state index in [1.165, 1.54) is 12.1 Å². The van der Waals surface area contributed by atoms with Crippen molar-refractivity contribution in [2.45, 2.75) is 52.6 Å². The molecule has 0 spiro atoms. The highest BCUT2D eigenvalue weighted by molar-refractivity contribution is 5.99. The Morgan fingerprint density at radius 2 is 1.50 bits per heavy atom. The molecule has 0 radical (unpaired) electrons. The second-order valence-corrected chi connectivity index (χ2v) is 9.42. The maximum atomic E-state index is 14.1. The van der Waals surface area contributed by atoms with E-state index in [0.29, 0.717) is 31.5 Å². The van der Waals surface area contributed by atoms with Crippen molar-refractivity contribution in [1.29, 1.82) is 0 Å². The Labute approximate surface area is 200 Å². The summed E-state index contributed by atoms with van der Waals surface area (Å²) in [6, 6.07) is 12.4. The molecule has 2 N–H and O–H groups in total. The van der Waals surface area contributed by atoms with Crippen molar-refractivity contribution in [3.8, 4) is 0 Å². The summed E-state index contributed by atoms with van der Waals surface area (Å²) in [4.78, 5) is 40.7. The van der Waals surface area contributed by atoms with Crippen LogP contribution in [0.5, 0.6) is 0 Å². The Bertz CT molecular complexity index is 1030. The Balaban J connectivity index is 1.74. The fourth-order valence-corrected chi connectivity index (χ4v) is 4.17. The zero-order chi connectivity index (χ0) is 24.8. The Morgan fingerprint density at radius 1 is 0.912 bits per heavy atom. The van der Waals surface area contributed by atoms with Gasteiger partial charge in [-0.25, -0.2) is 4.39 Å². The number of hydrogen-bond acceptors (Lipinski definition) is 3. The molecule has 1 aliphatic heterocycles. The van der Waals surface area contributed by atoms with Gasteiger partial charge in [0.25, 0.3) is 11.8 Å². The molecule has 7 heteroatoms. The largest absolute Gasteiger partial charge is 0.352 e. The van der Waals surface area contributed by atoms with Crippen LogP contribution in [0.2, 0.25) is 0 Å². The maximum Gasteiger partial charge on any atom is 0.256 e. The molecule has 6 nitrogen and oxygen atoms in total. The predicted octanol–water partition coefficient (Wildman–Crippen LogP) is 3.95. The number of rotatable bonds is 7. The lowest BCUT2D eigenvalue weighted by atomic mass is 9.87. The Morgan fingerprint density at radius 3 is 2.09 bits per heavy atom. The van der Waals surface area contributed by atoms with E-state index in [1.54, 1.807) is 29.2 Å². The summed E-state index contributed by atoms with van der Waals surface area (Å²) in [6.07, 6.45) is 1.06. The molecule has 3 amide bonds. The smallest absolute Gasteiger partial charge is 0.256 e. The van der Waals surface area contributed by atoms with E-state index in [1.807, 2.05) is 39.8 Å². The number of carbonyl (C=O) groups is 3. The van der Waals surface area contributed by atoms with Crippen molar-refractivity contribution in [1.82, 2.24) is 15.5 Å². The Hall–Kier alpha value is -3.22. The quantitative estimate of drug-likeness (QED) is 0.647. The summed E-state index contributed by atoms with van der Waals surface area (Å²) < 4.78 is 14.1. The van der Waals surface area contributed by atoms with Crippen molar-refractivity contribution in [2.75, 3.05) is 13.1 Å². The molecule has 34 heavy (non-hydrogen) atoms. The van der Waals surface area contributed by atoms with Crippen LogP contribution in [-0.4, -0.2) is 47.8 Å². The molecule has 0 unspecified atom stereocenters. The van der Waals surface area contributed by atoms with Gasteiger partial charge in [-0.05, 0) is 62.3 Å². The van der Waals surface area contributed by atoms with Crippen molar-refractivity contribution < 1.29 is 18.8 Å². The first-order valence-electron chi connectivity index (χ1n) is 11.9. The standard InChI is InChI=1S/C27H34FN3O3/c1-17(2)19(4)29-26(33)24(30-25(32)21-10-6-5-9-18(21)3)20-13-15-31(16-14-20)27(34)22-11-7-8-12-23(22)28/h5-12,17,19-20,24H,13-16H2,1-4H3,(H,29,33)(H,30,32)/t19-,24+/m1/s1. The number of carbonyl (C=O) groups excluding carboxylic acids is 3. The third-order valence-corrected chi connectivity index (χ3v) is 6.73. The molecule has 2 aromatic rings. The highest BCUT2D eigenvalue weighted by atomic mass is 19.1. The van der Waals surface area contributed by atoms with Crippen molar-refractivity contribution in [3.63, 3.8) is 0 Å². The van der Waals surface area contributed by atoms with E-state index in [4.69, 9.17) is 0 Å². The summed E-state index contributed by atoms with van der Waals surface area (Å²) in [5, 5.41) is 5.99. The van der Waals surface area contributed by atoms with Gasteiger partial charge in [0.05, 0.1) is 5.56 Å². The fourth-order valence-electron chi connectivity index (χ4n) is 4.17. The minimum atomic E-state index is -0.723. The van der Waals surface area contributed by atoms with Crippen LogP contribution in [0.15, 0.2) is 48.5 Å². The van der Waals surface area contributed by atoms with Gasteiger partial charge in [0.2, 0.25) is 5.91 Å². The molecule has 0 bridgehead atoms. The summed E-state index contributed by atoms with van der Waals surface area (Å²) in [5.41, 5.74) is 1.42. The van der Waals surface area contributed by atoms with Gasteiger partial charge < -0.3 is 15.5 Å². The number of piperidine rings is 1. The molecule has 0 aliphatic carbocycles. The van der Waals surface area contributed by atoms with E-state index in [2.05, 4.69) is 10.6 Å². The highest BCUT2D eigenvalue weighted by Gasteiger charge is 2.35. The number of nitrogens with zero attached hydrogens (tertiary/aromatic N) is 1. The zero-order valence-corrected chi connectivity index (χ0v) is 20.3. The number of hydrogen-bond donors (Lipinski definition) is 2. The van der Waals surface area contributed by atoms with Gasteiger partial charge in [-0.2, -0.15) is 0 Å². The minimum absolute atomic E-state index is 0.0481. The molecule has 182 valence electrons. The lowest BCUT2D eigenvalue weighted by Crippen LogP contribution is -2.55. The van der Waals surface area contributed by atoms with Gasteiger partial charge in [-0.3, -0.25) is 14.4 Å². The first kappa shape index (κ1) is 25.4. The molecular weight excluding hydrogens is 433 g/mol. The lowest BCUT2D eigenvalue weighted by Gasteiger charge is -2.36. The second kappa shape index (κ2) is 11.3. The van der Waals surface area contributed by atoms with Gasteiger partial charge >= 0.3 is 0 Å². The van der Waals surface area contributed by atoms with E-state index in [0.717, 1.165) is 5.56 Å². The van der Waals surface area contributed by atoms with E-state index in [-0.39, 0.29) is 41.2 Å². The van der Waals surface area contributed by atoms with Crippen LogP contribution in [0.25, 0.3) is 0 Å². The van der Waals surface area contributed by atoms with Crippen LogP contribution in [0.1, 0.15) is 59.9 Å². The molecule has 1 saturated heterocycles. The number of amides is 3. The van der Waals surface area contributed by atoms with E-state index >= 15 is 0 Å². The lowest BCUT2D eigenvalue weighted by molar-refractivity contribution is -0.125. The molecular formula is C27H34FN3O3. The SMILES string of the molecule is Cc1ccccc1C(=O)N[C@H](C(=O)N[C@H](C)C(C)C)C1CCN(C(=O)c2ccccc2F)CC1. The third-order valence-electron chi connectivity index (χ3n) is 6.73. The molecule has 1 aliphatic rings. The molecule has 0 aromatic heterocycles. The van der Waals surface area contributed by atoms with Crippen molar-refractivity contribution >= 4 is 17.7 Å². The number of benzene rings is 2. The molecule has 3 rings (SSSR count). The minimum Gasteiger partial charge on any atom is -0.352 e. The first-order valence-corrected chi connectivity index (χ1v) is 11.9. The summed E-state index contributed by atoms with van der Waals surface area (Å²) in [5.74, 6) is -1.30. The summed E-state index contributed by atoms with van der Waals surface area (Å²) in [7, 11) is 0. The van der Waals surface area contributed by atoms with Crippen molar-refractivity contribution in [3.05, 3.63) is 71.0 Å². The van der Waals surface area contributed by atoms with E-state index in [9.17, 15) is 18.8 Å². The number of nitrogens with one attached hydrogen (secondary N) is 2. The van der Waals surface area contributed by atoms with Gasteiger partial charge in [-0.15, -0.1) is 0 Å².